The van der Waals surface area contributed by atoms with E-state index < -0.39 is 12.1 Å². The van der Waals surface area contributed by atoms with Gasteiger partial charge in [-0.1, -0.05) is 19.1 Å². The molecule has 5 heteroatoms. The highest BCUT2D eigenvalue weighted by Gasteiger charge is 2.19. The average molecular weight is 221 g/mol. The maximum Gasteiger partial charge on any atom is 0.395 e. The Morgan fingerprint density at radius 3 is 2.94 bits per heavy atom. The molecule has 5 nitrogen and oxygen atoms in total. The number of rotatable bonds is 4. The van der Waals surface area contributed by atoms with Crippen LogP contribution in [0.25, 0.3) is 11.1 Å². The van der Waals surface area contributed by atoms with Gasteiger partial charge in [0.2, 0.25) is 0 Å². The van der Waals surface area contributed by atoms with E-state index in [9.17, 15) is 4.79 Å². The van der Waals surface area contributed by atoms with Gasteiger partial charge in [-0.2, -0.15) is 4.98 Å². The number of hydrogen-bond acceptors (Lipinski definition) is 4. The molecule has 84 valence electrons. The molecule has 0 unspecified atom stereocenters. The fraction of sp³-hybridized carbons (Fsp3) is 0.273. The quantitative estimate of drug-likeness (QED) is 0.855. The third-order valence-electron chi connectivity index (χ3n) is 2.16. The first-order chi connectivity index (χ1) is 7.70. The predicted octanol–water partition coefficient (Wildman–Crippen LogP) is 2.07. The number of carboxylic acid groups (broad SMARTS) is 1. The standard InChI is InChI=1S/C11H11NO4/c1-2-8(10(13)14)15-11-12-7-5-3-4-6-9(7)16-11/h3-6,8H,2H2,1H3,(H,13,14)/t8-/m1/s1. The summed E-state index contributed by atoms with van der Waals surface area (Å²) in [6.45, 7) is 1.72. The lowest BCUT2D eigenvalue weighted by atomic mass is 10.3. The summed E-state index contributed by atoms with van der Waals surface area (Å²) in [5.74, 6) is -1.02. The summed E-state index contributed by atoms with van der Waals surface area (Å²) in [6, 6.07) is 7.15. The number of aromatic nitrogens is 1. The van der Waals surface area contributed by atoms with E-state index in [1.54, 1.807) is 19.1 Å². The van der Waals surface area contributed by atoms with E-state index in [2.05, 4.69) is 4.98 Å². The summed E-state index contributed by atoms with van der Waals surface area (Å²) in [4.78, 5) is 14.8. The number of carboxylic acids is 1. The van der Waals surface area contributed by atoms with E-state index in [-0.39, 0.29) is 6.08 Å². The summed E-state index contributed by atoms with van der Waals surface area (Å²) in [6.07, 6.45) is -0.572. The van der Waals surface area contributed by atoms with Crippen molar-refractivity contribution in [3.63, 3.8) is 0 Å². The molecule has 0 radical (unpaired) electrons. The van der Waals surface area contributed by atoms with E-state index in [4.69, 9.17) is 14.3 Å². The summed E-state index contributed by atoms with van der Waals surface area (Å²) in [5.41, 5.74) is 1.23. The van der Waals surface area contributed by atoms with Crippen LogP contribution in [0.3, 0.4) is 0 Å². The van der Waals surface area contributed by atoms with Crippen LogP contribution in [0.2, 0.25) is 0 Å². The molecule has 1 atom stereocenters. The molecule has 0 fully saturated rings. The van der Waals surface area contributed by atoms with Crippen LogP contribution < -0.4 is 4.74 Å². The average Bonchev–Trinajstić information content (AvgIpc) is 2.67. The first-order valence-corrected chi connectivity index (χ1v) is 4.95. The monoisotopic (exact) mass is 221 g/mol. The van der Waals surface area contributed by atoms with Gasteiger partial charge in [-0.15, -0.1) is 0 Å². The molecule has 1 heterocycles. The van der Waals surface area contributed by atoms with Gasteiger partial charge in [0.05, 0.1) is 0 Å². The van der Waals surface area contributed by atoms with Crippen molar-refractivity contribution in [2.24, 2.45) is 0 Å². The van der Waals surface area contributed by atoms with Gasteiger partial charge in [0.1, 0.15) is 5.52 Å². The normalized spacial score (nSPS) is 12.6. The lowest BCUT2D eigenvalue weighted by Crippen LogP contribution is -2.25. The molecule has 0 aliphatic carbocycles. The lowest BCUT2D eigenvalue weighted by molar-refractivity contribution is -0.146. The van der Waals surface area contributed by atoms with Gasteiger partial charge in [0.25, 0.3) is 0 Å². The van der Waals surface area contributed by atoms with Crippen molar-refractivity contribution in [3.05, 3.63) is 24.3 Å². The molecule has 1 aromatic heterocycles. The maximum absolute atomic E-state index is 10.8. The maximum atomic E-state index is 10.8. The van der Waals surface area contributed by atoms with Crippen molar-refractivity contribution in [1.82, 2.24) is 4.98 Å². The Kier molecular flexibility index (Phi) is 2.76. The minimum Gasteiger partial charge on any atom is -0.479 e. The van der Waals surface area contributed by atoms with Crippen LogP contribution in [0.1, 0.15) is 13.3 Å². The van der Waals surface area contributed by atoms with Gasteiger partial charge >= 0.3 is 12.0 Å². The highest BCUT2D eigenvalue weighted by molar-refractivity contribution is 5.74. The van der Waals surface area contributed by atoms with Gasteiger partial charge < -0.3 is 14.3 Å². The van der Waals surface area contributed by atoms with Crippen molar-refractivity contribution in [2.45, 2.75) is 19.4 Å². The van der Waals surface area contributed by atoms with Crippen LogP contribution in [-0.2, 0) is 4.79 Å². The molecule has 0 amide bonds. The van der Waals surface area contributed by atoms with Crippen molar-refractivity contribution < 1.29 is 19.1 Å². The number of carbonyl (C=O) groups is 1. The molecule has 0 aliphatic heterocycles. The lowest BCUT2D eigenvalue weighted by Gasteiger charge is -2.08. The van der Waals surface area contributed by atoms with Crippen LogP contribution in [0.15, 0.2) is 28.7 Å². The van der Waals surface area contributed by atoms with Gasteiger partial charge in [-0.05, 0) is 18.6 Å². The highest BCUT2D eigenvalue weighted by Crippen LogP contribution is 2.21. The van der Waals surface area contributed by atoms with Crippen molar-refractivity contribution in [1.29, 1.82) is 0 Å². The van der Waals surface area contributed by atoms with Crippen molar-refractivity contribution in [3.8, 4) is 6.08 Å². The molecule has 2 aromatic rings. The molecule has 0 spiro atoms. The third-order valence-corrected chi connectivity index (χ3v) is 2.16. The Balaban J connectivity index is 2.24. The van der Waals surface area contributed by atoms with E-state index in [0.29, 0.717) is 17.5 Å². The van der Waals surface area contributed by atoms with Gasteiger partial charge in [-0.25, -0.2) is 4.79 Å². The second-order valence-corrected chi connectivity index (χ2v) is 3.30. The van der Waals surface area contributed by atoms with Crippen LogP contribution in [-0.4, -0.2) is 22.2 Å². The van der Waals surface area contributed by atoms with Gasteiger partial charge in [0.15, 0.2) is 11.7 Å². The fourth-order valence-electron chi connectivity index (χ4n) is 1.33. The molecule has 0 saturated carbocycles. The Morgan fingerprint density at radius 1 is 1.56 bits per heavy atom. The molecule has 2 rings (SSSR count). The fourth-order valence-corrected chi connectivity index (χ4v) is 1.33. The number of ether oxygens (including phenoxy) is 1. The number of nitrogens with zero attached hydrogens (tertiary/aromatic N) is 1. The van der Waals surface area contributed by atoms with Crippen molar-refractivity contribution in [2.75, 3.05) is 0 Å². The third kappa shape index (κ3) is 1.98. The van der Waals surface area contributed by atoms with Crippen LogP contribution >= 0.6 is 0 Å². The van der Waals surface area contributed by atoms with Crippen LogP contribution in [0.5, 0.6) is 6.08 Å². The zero-order valence-electron chi connectivity index (χ0n) is 8.71. The predicted molar refractivity (Wildman–Crippen MR) is 56.4 cm³/mol. The molecule has 1 N–H and O–H groups in total. The summed E-state index contributed by atoms with van der Waals surface area (Å²) in [7, 11) is 0. The first kappa shape index (κ1) is 10.5. The zero-order valence-corrected chi connectivity index (χ0v) is 8.71. The molecule has 16 heavy (non-hydrogen) atoms. The Hall–Kier alpha value is -2.04. The van der Waals surface area contributed by atoms with Gasteiger partial charge in [0, 0.05) is 0 Å². The number of oxazole rings is 1. The van der Waals surface area contributed by atoms with Gasteiger partial charge in [-0.3, -0.25) is 0 Å². The number of benzene rings is 1. The largest absolute Gasteiger partial charge is 0.479 e. The Morgan fingerprint density at radius 2 is 2.31 bits per heavy atom. The smallest absolute Gasteiger partial charge is 0.395 e. The van der Waals surface area contributed by atoms with Crippen molar-refractivity contribution >= 4 is 17.1 Å². The SMILES string of the molecule is CC[C@@H](Oc1nc2ccccc2o1)C(=O)O. The van der Waals surface area contributed by atoms with E-state index >= 15 is 0 Å². The minimum atomic E-state index is -1.02. The first-order valence-electron chi connectivity index (χ1n) is 4.95. The zero-order chi connectivity index (χ0) is 11.5. The van der Waals surface area contributed by atoms with Crippen LogP contribution in [0, 0.1) is 0 Å². The topological polar surface area (TPSA) is 72.6 Å². The molecule has 0 saturated heterocycles. The van der Waals surface area contributed by atoms with Crippen LogP contribution in [0.4, 0.5) is 0 Å². The molecular weight excluding hydrogens is 210 g/mol. The van der Waals surface area contributed by atoms with E-state index in [0.717, 1.165) is 0 Å². The number of fused-ring (bicyclic) bond motifs is 1. The second-order valence-electron chi connectivity index (χ2n) is 3.30. The molecular formula is C11H11NO4. The highest BCUT2D eigenvalue weighted by atomic mass is 16.6. The van der Waals surface area contributed by atoms with E-state index in [1.165, 1.54) is 0 Å². The Bertz CT molecular complexity index is 472. The summed E-state index contributed by atoms with van der Waals surface area (Å²) >= 11 is 0. The Labute approximate surface area is 91.7 Å². The minimum absolute atomic E-state index is 0.00421. The number of aliphatic carboxylic acids is 1. The number of hydrogen-bond donors (Lipinski definition) is 1. The molecule has 0 bridgehead atoms. The second kappa shape index (κ2) is 4.22. The molecule has 1 aromatic carbocycles. The summed E-state index contributed by atoms with van der Waals surface area (Å²) in [5, 5.41) is 8.81. The summed E-state index contributed by atoms with van der Waals surface area (Å²) < 4.78 is 10.4. The molecule has 0 aliphatic rings. The number of para-hydroxylation sites is 2. The van der Waals surface area contributed by atoms with E-state index in [1.807, 2.05) is 12.1 Å².